The van der Waals surface area contributed by atoms with E-state index in [9.17, 15) is 0 Å². The molecule has 0 aliphatic heterocycles. The first-order valence-corrected chi connectivity index (χ1v) is 4.59. The fourth-order valence-electron chi connectivity index (χ4n) is 0.922. The second-order valence-corrected chi connectivity index (χ2v) is 4.64. The van der Waals surface area contributed by atoms with Crippen LogP contribution in [0.25, 0.3) is 0 Å². The topological polar surface area (TPSA) is 0 Å². The molecule has 0 N–H and O–H groups in total. The molecule has 62 valence electrons. The van der Waals surface area contributed by atoms with Crippen molar-refractivity contribution in [1.29, 1.82) is 0 Å². The molecular weight excluding hydrogens is 200 g/mol. The third kappa shape index (κ3) is 3.12. The Morgan fingerprint density at radius 3 is 2.55 bits per heavy atom. The molecule has 0 aromatic carbocycles. The summed E-state index contributed by atoms with van der Waals surface area (Å²) in [6.07, 6.45) is 8.86. The van der Waals surface area contributed by atoms with Crippen LogP contribution in [0, 0.1) is 18.3 Å². The van der Waals surface area contributed by atoms with E-state index >= 15 is 0 Å². The van der Waals surface area contributed by atoms with Gasteiger partial charge in [0.1, 0.15) is 0 Å². The van der Waals surface area contributed by atoms with E-state index in [-0.39, 0.29) is 4.32 Å². The minimum atomic E-state index is 0.0590. The van der Waals surface area contributed by atoms with Crippen LogP contribution >= 0.6 is 15.9 Å². The zero-order chi connectivity index (χ0) is 8.91. The van der Waals surface area contributed by atoms with Gasteiger partial charge in [-0.3, -0.25) is 0 Å². The molecule has 0 nitrogen and oxygen atoms in total. The van der Waals surface area contributed by atoms with Gasteiger partial charge in [-0.05, 0) is 12.3 Å². The first kappa shape index (κ1) is 10.8. The van der Waals surface area contributed by atoms with Crippen LogP contribution in [0.3, 0.4) is 0 Å². The smallest absolute Gasteiger partial charge is 0.0423 e. The van der Waals surface area contributed by atoms with Crippen molar-refractivity contribution in [3.8, 4) is 12.3 Å². The predicted molar refractivity (Wildman–Crippen MR) is 54.8 cm³/mol. The summed E-state index contributed by atoms with van der Waals surface area (Å²) in [5, 5.41) is 0. The molecule has 0 amide bonds. The Hall–Kier alpha value is -0.220. The van der Waals surface area contributed by atoms with Gasteiger partial charge in [-0.1, -0.05) is 35.9 Å². The summed E-state index contributed by atoms with van der Waals surface area (Å²) in [4.78, 5) is 0. The molecule has 0 saturated heterocycles. The zero-order valence-corrected chi connectivity index (χ0v) is 8.82. The molecule has 0 radical (unpaired) electrons. The van der Waals surface area contributed by atoms with E-state index < -0.39 is 0 Å². The van der Waals surface area contributed by atoms with E-state index in [0.717, 1.165) is 12.8 Å². The fourth-order valence-corrected chi connectivity index (χ4v) is 1.31. The van der Waals surface area contributed by atoms with Gasteiger partial charge in [-0.25, -0.2) is 0 Å². The maximum Gasteiger partial charge on any atom is 0.0423 e. The lowest BCUT2D eigenvalue weighted by molar-refractivity contribution is 0.456. The molecule has 0 fully saturated rings. The van der Waals surface area contributed by atoms with Crippen molar-refractivity contribution in [2.75, 3.05) is 0 Å². The summed E-state index contributed by atoms with van der Waals surface area (Å²) in [5.74, 6) is 3.22. The minimum absolute atomic E-state index is 0.0590. The predicted octanol–water partition coefficient (Wildman–Crippen LogP) is 3.38. The molecule has 1 heteroatoms. The summed E-state index contributed by atoms with van der Waals surface area (Å²) >= 11 is 3.66. The highest BCUT2D eigenvalue weighted by Crippen LogP contribution is 2.34. The monoisotopic (exact) mass is 214 g/mol. The van der Waals surface area contributed by atoms with Crippen LogP contribution in [0.1, 0.15) is 26.7 Å². The van der Waals surface area contributed by atoms with Crippen LogP contribution in [0.5, 0.6) is 0 Å². The van der Waals surface area contributed by atoms with Crippen LogP contribution in [-0.4, -0.2) is 4.32 Å². The second kappa shape index (κ2) is 4.62. The molecule has 0 bridgehead atoms. The molecule has 0 rings (SSSR count). The zero-order valence-electron chi connectivity index (χ0n) is 7.23. The third-order valence-corrected chi connectivity index (χ3v) is 3.43. The second-order valence-electron chi connectivity index (χ2n) is 3.06. The molecule has 0 spiro atoms. The number of alkyl halides is 1. The van der Waals surface area contributed by atoms with E-state index in [2.05, 4.69) is 42.3 Å². The van der Waals surface area contributed by atoms with Crippen LogP contribution < -0.4 is 0 Å². The van der Waals surface area contributed by atoms with E-state index in [1.54, 1.807) is 0 Å². The first-order valence-electron chi connectivity index (χ1n) is 3.80. The van der Waals surface area contributed by atoms with E-state index in [0.29, 0.717) is 5.92 Å². The molecule has 0 aromatic rings. The number of hydrogen-bond donors (Lipinski definition) is 0. The highest BCUT2D eigenvalue weighted by Gasteiger charge is 2.27. The van der Waals surface area contributed by atoms with Crippen LogP contribution in [-0.2, 0) is 0 Å². The minimum Gasteiger partial charge on any atom is -0.120 e. The quantitative estimate of drug-likeness (QED) is 0.383. The van der Waals surface area contributed by atoms with Crippen molar-refractivity contribution in [3.05, 3.63) is 12.7 Å². The summed E-state index contributed by atoms with van der Waals surface area (Å²) in [5.41, 5.74) is 0. The van der Waals surface area contributed by atoms with Crippen LogP contribution in [0.2, 0.25) is 0 Å². The van der Waals surface area contributed by atoms with Gasteiger partial charge in [0, 0.05) is 10.7 Å². The Labute approximate surface area is 78.2 Å². The Morgan fingerprint density at radius 1 is 1.73 bits per heavy atom. The maximum atomic E-state index is 5.27. The van der Waals surface area contributed by atoms with Crippen LogP contribution in [0.15, 0.2) is 12.7 Å². The summed E-state index contributed by atoms with van der Waals surface area (Å²) in [6, 6.07) is 0. The van der Waals surface area contributed by atoms with Crippen molar-refractivity contribution in [2.45, 2.75) is 31.0 Å². The van der Waals surface area contributed by atoms with E-state index in [4.69, 9.17) is 6.42 Å². The lowest BCUT2D eigenvalue weighted by atomic mass is 9.89. The Morgan fingerprint density at radius 2 is 2.27 bits per heavy atom. The molecule has 0 heterocycles. The first-order chi connectivity index (χ1) is 5.06. The largest absolute Gasteiger partial charge is 0.120 e. The van der Waals surface area contributed by atoms with Gasteiger partial charge >= 0.3 is 0 Å². The standard InChI is InChI=1S/C10H15Br/c1-5-7-10(11,8-6-2)9(3)4/h1,6,9H,2,7-8H2,3-4H3. The number of halogens is 1. The van der Waals surface area contributed by atoms with Gasteiger partial charge < -0.3 is 0 Å². The molecule has 1 atom stereocenters. The SMILES string of the molecule is C#CCC(Br)(CC=C)C(C)C. The Balaban J connectivity index is 4.26. The molecular formula is C10H15Br. The lowest BCUT2D eigenvalue weighted by Crippen LogP contribution is -2.26. The van der Waals surface area contributed by atoms with Gasteiger partial charge in [0.2, 0.25) is 0 Å². The van der Waals surface area contributed by atoms with Gasteiger partial charge in [0.25, 0.3) is 0 Å². The molecule has 1 unspecified atom stereocenters. The van der Waals surface area contributed by atoms with Crippen molar-refractivity contribution < 1.29 is 0 Å². The number of hydrogen-bond acceptors (Lipinski definition) is 0. The van der Waals surface area contributed by atoms with Crippen molar-refractivity contribution in [1.82, 2.24) is 0 Å². The highest BCUT2D eigenvalue weighted by molar-refractivity contribution is 9.10. The molecule has 0 saturated carbocycles. The number of terminal acetylenes is 1. The summed E-state index contributed by atoms with van der Waals surface area (Å²) < 4.78 is 0.0590. The number of rotatable bonds is 4. The van der Waals surface area contributed by atoms with Crippen molar-refractivity contribution >= 4 is 15.9 Å². The molecule has 0 aromatic heterocycles. The average Bonchev–Trinajstić information content (AvgIpc) is 1.88. The summed E-state index contributed by atoms with van der Waals surface area (Å²) in [6.45, 7) is 8.04. The van der Waals surface area contributed by atoms with Gasteiger partial charge in [-0.2, -0.15) is 0 Å². The summed E-state index contributed by atoms with van der Waals surface area (Å²) in [7, 11) is 0. The normalized spacial score (nSPS) is 15.5. The third-order valence-electron chi connectivity index (χ3n) is 1.91. The van der Waals surface area contributed by atoms with E-state index in [1.165, 1.54) is 0 Å². The molecule has 11 heavy (non-hydrogen) atoms. The maximum absolute atomic E-state index is 5.27. The van der Waals surface area contributed by atoms with Gasteiger partial charge in [-0.15, -0.1) is 18.9 Å². The fraction of sp³-hybridized carbons (Fsp3) is 0.600. The highest BCUT2D eigenvalue weighted by atomic mass is 79.9. The van der Waals surface area contributed by atoms with Crippen molar-refractivity contribution in [3.63, 3.8) is 0 Å². The molecule has 0 aliphatic carbocycles. The Bertz CT molecular complexity index is 164. The Kier molecular flexibility index (Phi) is 4.52. The van der Waals surface area contributed by atoms with Gasteiger partial charge in [0.15, 0.2) is 0 Å². The van der Waals surface area contributed by atoms with Gasteiger partial charge in [0.05, 0.1) is 0 Å². The van der Waals surface area contributed by atoms with Crippen molar-refractivity contribution in [2.24, 2.45) is 5.92 Å². The number of allylic oxidation sites excluding steroid dienone is 1. The van der Waals surface area contributed by atoms with Crippen LogP contribution in [0.4, 0.5) is 0 Å². The lowest BCUT2D eigenvalue weighted by Gasteiger charge is -2.28. The average molecular weight is 215 g/mol. The van der Waals surface area contributed by atoms with E-state index in [1.807, 2.05) is 6.08 Å². The molecule has 0 aliphatic rings.